The zero-order chi connectivity index (χ0) is 23.3. The molecule has 3 nitrogen and oxygen atoms in total. The highest BCUT2D eigenvalue weighted by molar-refractivity contribution is 6.09. The normalized spacial score (nSPS) is 12.4. The van der Waals surface area contributed by atoms with Crippen molar-refractivity contribution in [3.05, 3.63) is 108 Å². The number of hydrogen-bond donors (Lipinski definition) is 0. The third-order valence-electron chi connectivity index (χ3n) is 6.42. The molecule has 0 saturated heterocycles. The molecular weight excluding hydrogens is 416 g/mol. The highest BCUT2D eigenvalue weighted by Crippen LogP contribution is 2.32. The van der Waals surface area contributed by atoms with E-state index in [-0.39, 0.29) is 5.41 Å². The van der Waals surface area contributed by atoms with E-state index in [1.54, 1.807) is 0 Å². The van der Waals surface area contributed by atoms with E-state index in [1.165, 1.54) is 27.4 Å². The lowest BCUT2D eigenvalue weighted by molar-refractivity contribution is 0.585. The fourth-order valence-corrected chi connectivity index (χ4v) is 4.59. The van der Waals surface area contributed by atoms with E-state index in [2.05, 4.69) is 115 Å². The molecule has 0 amide bonds. The summed E-state index contributed by atoms with van der Waals surface area (Å²) >= 11 is 0. The van der Waals surface area contributed by atoms with Crippen molar-refractivity contribution in [2.75, 3.05) is 0 Å². The van der Waals surface area contributed by atoms with Crippen LogP contribution in [0.25, 0.3) is 50.7 Å². The molecule has 0 radical (unpaired) electrons. The van der Waals surface area contributed by atoms with E-state index < -0.39 is 0 Å². The van der Waals surface area contributed by atoms with Gasteiger partial charge in [0.2, 0.25) is 5.89 Å². The summed E-state index contributed by atoms with van der Waals surface area (Å²) in [5.41, 5.74) is 7.73. The monoisotopic (exact) mass is 442 g/mol. The Balaban J connectivity index is 1.32. The van der Waals surface area contributed by atoms with Crippen molar-refractivity contribution in [1.29, 1.82) is 0 Å². The van der Waals surface area contributed by atoms with E-state index >= 15 is 0 Å². The van der Waals surface area contributed by atoms with E-state index in [0.717, 1.165) is 22.4 Å². The molecule has 0 unspecified atom stereocenters. The van der Waals surface area contributed by atoms with Crippen LogP contribution >= 0.6 is 0 Å². The largest absolute Gasteiger partial charge is 0.437 e. The zero-order valence-electron chi connectivity index (χ0n) is 19.6. The van der Waals surface area contributed by atoms with E-state index in [1.807, 2.05) is 18.2 Å². The molecule has 0 fully saturated rings. The number of nitrogens with zero attached hydrogens (tertiary/aromatic N) is 2. The Morgan fingerprint density at radius 2 is 1.38 bits per heavy atom. The molecule has 0 aliphatic carbocycles. The van der Waals surface area contributed by atoms with Crippen LogP contribution in [0.5, 0.6) is 0 Å². The molecule has 0 N–H and O–H groups in total. The predicted molar refractivity (Wildman–Crippen MR) is 142 cm³/mol. The van der Waals surface area contributed by atoms with Crippen molar-refractivity contribution in [2.45, 2.75) is 26.2 Å². The molecular formula is C31H26N2O. The fourth-order valence-electron chi connectivity index (χ4n) is 4.59. The van der Waals surface area contributed by atoms with Crippen molar-refractivity contribution < 1.29 is 4.42 Å². The van der Waals surface area contributed by atoms with Gasteiger partial charge >= 0.3 is 0 Å². The van der Waals surface area contributed by atoms with Gasteiger partial charge in [-0.3, -0.25) is 0 Å². The molecule has 2 heterocycles. The highest BCUT2D eigenvalue weighted by atomic mass is 16.3. The van der Waals surface area contributed by atoms with Crippen molar-refractivity contribution in [3.63, 3.8) is 0 Å². The third-order valence-corrected chi connectivity index (χ3v) is 6.42. The summed E-state index contributed by atoms with van der Waals surface area (Å²) < 4.78 is 8.26. The summed E-state index contributed by atoms with van der Waals surface area (Å²) in [4.78, 5) is 4.67. The van der Waals surface area contributed by atoms with Gasteiger partial charge < -0.3 is 8.98 Å². The maximum Gasteiger partial charge on any atom is 0.220 e. The SMILES string of the molecule is CC(C)(C)c1ccc2oc(/C=C/c3ccc(-n4c5ccccc5c5ccccc54)cc3)nc2c1. The van der Waals surface area contributed by atoms with Crippen LogP contribution in [0.15, 0.2) is 95.4 Å². The minimum absolute atomic E-state index is 0.0846. The van der Waals surface area contributed by atoms with Gasteiger partial charge in [-0.25, -0.2) is 4.98 Å². The first-order valence-corrected chi connectivity index (χ1v) is 11.7. The van der Waals surface area contributed by atoms with Crippen LogP contribution in [0.1, 0.15) is 37.8 Å². The van der Waals surface area contributed by atoms with Gasteiger partial charge in [0.1, 0.15) is 5.52 Å². The number of oxazole rings is 1. The Labute approximate surface area is 199 Å². The lowest BCUT2D eigenvalue weighted by Crippen LogP contribution is -2.10. The average Bonchev–Trinajstić information content (AvgIpc) is 3.41. The summed E-state index contributed by atoms with van der Waals surface area (Å²) in [7, 11) is 0. The Morgan fingerprint density at radius 3 is 2.03 bits per heavy atom. The van der Waals surface area contributed by atoms with Crippen LogP contribution < -0.4 is 0 Å². The maximum absolute atomic E-state index is 5.93. The molecule has 4 aromatic carbocycles. The molecule has 3 heteroatoms. The zero-order valence-corrected chi connectivity index (χ0v) is 19.6. The first-order chi connectivity index (χ1) is 16.5. The summed E-state index contributed by atoms with van der Waals surface area (Å²) in [5.74, 6) is 0.618. The molecule has 2 aromatic heterocycles. The van der Waals surface area contributed by atoms with E-state index in [9.17, 15) is 0 Å². The van der Waals surface area contributed by atoms with Crippen molar-refractivity contribution in [3.8, 4) is 5.69 Å². The Hall–Kier alpha value is -4.11. The minimum atomic E-state index is 0.0846. The molecule has 0 bridgehead atoms. The van der Waals surface area contributed by atoms with E-state index in [0.29, 0.717) is 5.89 Å². The third kappa shape index (κ3) is 3.50. The van der Waals surface area contributed by atoms with Crippen molar-refractivity contribution in [1.82, 2.24) is 9.55 Å². The number of rotatable bonds is 3. The molecule has 0 aliphatic rings. The first-order valence-electron chi connectivity index (χ1n) is 11.7. The van der Waals surface area contributed by atoms with Crippen LogP contribution in [0.3, 0.4) is 0 Å². The molecule has 166 valence electrons. The number of benzene rings is 4. The number of hydrogen-bond acceptors (Lipinski definition) is 2. The van der Waals surface area contributed by atoms with Gasteiger partial charge in [-0.05, 0) is 59.0 Å². The maximum atomic E-state index is 5.93. The molecule has 0 saturated carbocycles. The molecule has 6 aromatic rings. The van der Waals surface area contributed by atoms with Gasteiger partial charge in [-0.1, -0.05) is 75.4 Å². The second-order valence-electron chi connectivity index (χ2n) is 9.78. The Kier molecular flexibility index (Phi) is 4.66. The topological polar surface area (TPSA) is 31.0 Å². The number of fused-ring (bicyclic) bond motifs is 4. The van der Waals surface area contributed by atoms with Gasteiger partial charge in [0.25, 0.3) is 0 Å². The minimum Gasteiger partial charge on any atom is -0.437 e. The van der Waals surface area contributed by atoms with Gasteiger partial charge in [-0.2, -0.15) is 0 Å². The molecule has 0 atom stereocenters. The standard InChI is InChI=1S/C31H26N2O/c1-31(2,3)22-15-18-29-26(20-22)32-30(34-29)19-14-21-12-16-23(17-13-21)33-27-10-6-4-8-24(27)25-9-5-7-11-28(25)33/h4-20H,1-3H3/b19-14+. The lowest BCUT2D eigenvalue weighted by atomic mass is 9.87. The van der Waals surface area contributed by atoms with Crippen molar-refractivity contribution >= 4 is 45.1 Å². The lowest BCUT2D eigenvalue weighted by Gasteiger charge is -2.18. The Morgan fingerprint density at radius 1 is 0.735 bits per heavy atom. The molecule has 0 spiro atoms. The van der Waals surface area contributed by atoms with Crippen LogP contribution in [0.4, 0.5) is 0 Å². The molecule has 0 aliphatic heterocycles. The van der Waals surface area contributed by atoms with Crippen LogP contribution in [0, 0.1) is 0 Å². The number of aromatic nitrogens is 2. The second kappa shape index (κ2) is 7.74. The van der Waals surface area contributed by atoms with Crippen LogP contribution in [-0.4, -0.2) is 9.55 Å². The summed E-state index contributed by atoms with van der Waals surface area (Å²) in [6.45, 7) is 6.62. The smallest absolute Gasteiger partial charge is 0.220 e. The van der Waals surface area contributed by atoms with Crippen LogP contribution in [-0.2, 0) is 5.41 Å². The first kappa shape index (κ1) is 20.5. The number of para-hydroxylation sites is 2. The summed E-state index contributed by atoms with van der Waals surface area (Å²) in [6.07, 6.45) is 3.98. The Bertz CT molecular complexity index is 1620. The fraction of sp³-hybridized carbons (Fsp3) is 0.129. The van der Waals surface area contributed by atoms with Crippen LogP contribution in [0.2, 0.25) is 0 Å². The van der Waals surface area contributed by atoms with Gasteiger partial charge in [-0.15, -0.1) is 0 Å². The quantitative estimate of drug-likeness (QED) is 0.275. The average molecular weight is 443 g/mol. The predicted octanol–water partition coefficient (Wildman–Crippen LogP) is 8.39. The van der Waals surface area contributed by atoms with Gasteiger partial charge in [0, 0.05) is 22.5 Å². The second-order valence-corrected chi connectivity index (χ2v) is 9.78. The van der Waals surface area contributed by atoms with E-state index in [4.69, 9.17) is 4.42 Å². The van der Waals surface area contributed by atoms with Crippen molar-refractivity contribution in [2.24, 2.45) is 0 Å². The highest BCUT2D eigenvalue weighted by Gasteiger charge is 2.15. The summed E-state index contributed by atoms with van der Waals surface area (Å²) in [6, 6.07) is 32.0. The molecule has 6 rings (SSSR count). The van der Waals surface area contributed by atoms with Gasteiger partial charge in [0.05, 0.1) is 11.0 Å². The summed E-state index contributed by atoms with van der Waals surface area (Å²) in [5, 5.41) is 2.54. The molecule has 34 heavy (non-hydrogen) atoms. The van der Waals surface area contributed by atoms with Gasteiger partial charge in [0.15, 0.2) is 5.58 Å².